The molecule has 3 aromatic rings. The summed E-state index contributed by atoms with van der Waals surface area (Å²) in [6.07, 6.45) is 1.47. The molecule has 2 amide bonds. The van der Waals surface area contributed by atoms with Crippen molar-refractivity contribution in [1.82, 2.24) is 20.6 Å². The Morgan fingerprint density at radius 3 is 1.47 bits per heavy atom. The van der Waals surface area contributed by atoms with Gasteiger partial charge in [-0.15, -0.1) is 0 Å². The fourth-order valence-corrected chi connectivity index (χ4v) is 2.80. The maximum absolute atomic E-state index is 11.9. The maximum Gasteiger partial charge on any atom is 0.251 e. The summed E-state index contributed by atoms with van der Waals surface area (Å²) in [4.78, 5) is 32.5. The fraction of sp³-hybridized carbons (Fsp3) is 0.182. The van der Waals surface area contributed by atoms with Gasteiger partial charge in [-0.05, 0) is 30.3 Å². The Hall–Kier alpha value is -3.62. The van der Waals surface area contributed by atoms with Crippen LogP contribution in [0.15, 0.2) is 60.9 Å². The van der Waals surface area contributed by atoms with E-state index >= 15 is 0 Å². The van der Waals surface area contributed by atoms with Crippen LogP contribution in [0, 0.1) is 0 Å². The highest BCUT2D eigenvalue weighted by atomic mass is 16.3. The van der Waals surface area contributed by atoms with Crippen LogP contribution in [0.2, 0.25) is 0 Å². The Morgan fingerprint density at radius 2 is 1.10 bits per heavy atom. The first-order valence-electron chi connectivity index (χ1n) is 9.43. The fourth-order valence-electron chi connectivity index (χ4n) is 2.80. The van der Waals surface area contributed by atoms with Gasteiger partial charge in [0.25, 0.3) is 11.8 Å². The number of hydrogen-bond acceptors (Lipinski definition) is 6. The van der Waals surface area contributed by atoms with Crippen molar-refractivity contribution in [3.8, 4) is 22.5 Å². The number of nitrogens with zero attached hydrogens (tertiary/aromatic N) is 2. The molecular weight excluding hydrogens is 384 g/mol. The number of carbonyl (C=O) groups is 2. The number of amides is 2. The molecule has 0 fully saturated rings. The average Bonchev–Trinajstić information content (AvgIpc) is 2.81. The van der Waals surface area contributed by atoms with Gasteiger partial charge in [-0.1, -0.05) is 24.3 Å². The van der Waals surface area contributed by atoms with E-state index in [4.69, 9.17) is 10.2 Å². The van der Waals surface area contributed by atoms with Gasteiger partial charge in [0.05, 0.1) is 24.6 Å². The molecule has 2 aromatic carbocycles. The summed E-state index contributed by atoms with van der Waals surface area (Å²) in [5.41, 5.74) is 4.06. The van der Waals surface area contributed by atoms with Gasteiger partial charge < -0.3 is 20.8 Å². The predicted octanol–water partition coefficient (Wildman–Crippen LogP) is 1.25. The van der Waals surface area contributed by atoms with E-state index < -0.39 is 0 Å². The number of carbonyl (C=O) groups excluding carboxylic acids is 2. The third-order valence-electron chi connectivity index (χ3n) is 4.35. The summed E-state index contributed by atoms with van der Waals surface area (Å²) in [7, 11) is 0. The van der Waals surface area contributed by atoms with Crippen LogP contribution in [0.4, 0.5) is 0 Å². The van der Waals surface area contributed by atoms with Gasteiger partial charge in [0, 0.05) is 35.3 Å². The SMILES string of the molecule is O=C(NCCO)c1ccc(-c2cc(-c3ccc(C(=O)NCCO)cc3)ncn2)cc1. The smallest absolute Gasteiger partial charge is 0.251 e. The molecule has 154 valence electrons. The first kappa shape index (κ1) is 21.1. The largest absolute Gasteiger partial charge is 0.395 e. The van der Waals surface area contributed by atoms with Crippen molar-refractivity contribution in [2.24, 2.45) is 0 Å². The Balaban J connectivity index is 1.76. The number of rotatable bonds is 8. The highest BCUT2D eigenvalue weighted by molar-refractivity contribution is 5.95. The van der Waals surface area contributed by atoms with Gasteiger partial charge in [-0.25, -0.2) is 9.97 Å². The first-order valence-corrected chi connectivity index (χ1v) is 9.43. The van der Waals surface area contributed by atoms with E-state index in [0.29, 0.717) is 22.5 Å². The van der Waals surface area contributed by atoms with Gasteiger partial charge in [0.2, 0.25) is 0 Å². The molecule has 8 nitrogen and oxygen atoms in total. The quantitative estimate of drug-likeness (QED) is 0.446. The monoisotopic (exact) mass is 406 g/mol. The van der Waals surface area contributed by atoms with E-state index in [9.17, 15) is 9.59 Å². The Morgan fingerprint density at radius 1 is 0.700 bits per heavy atom. The number of hydrogen-bond donors (Lipinski definition) is 4. The highest BCUT2D eigenvalue weighted by Gasteiger charge is 2.09. The number of aromatic nitrogens is 2. The average molecular weight is 406 g/mol. The molecule has 30 heavy (non-hydrogen) atoms. The number of aliphatic hydroxyl groups is 2. The normalized spacial score (nSPS) is 10.5. The molecule has 0 aliphatic rings. The molecule has 0 saturated carbocycles. The predicted molar refractivity (Wildman–Crippen MR) is 112 cm³/mol. The molecule has 0 saturated heterocycles. The molecular formula is C22H22N4O4. The third-order valence-corrected chi connectivity index (χ3v) is 4.35. The minimum absolute atomic E-state index is 0.109. The second-order valence-corrected chi connectivity index (χ2v) is 6.40. The lowest BCUT2D eigenvalue weighted by Gasteiger charge is -2.07. The van der Waals surface area contributed by atoms with Crippen LogP contribution in [0.1, 0.15) is 20.7 Å². The van der Waals surface area contributed by atoms with Gasteiger partial charge in [0.15, 0.2) is 0 Å². The molecule has 0 spiro atoms. The molecule has 4 N–H and O–H groups in total. The molecule has 0 atom stereocenters. The molecule has 0 bridgehead atoms. The summed E-state index contributed by atoms with van der Waals surface area (Å²) < 4.78 is 0. The standard InChI is InChI=1S/C22H22N4O4/c27-11-9-23-21(29)17-5-1-15(2-6-17)19-13-20(26-14-25-19)16-3-7-18(8-4-16)22(30)24-10-12-28/h1-8,13-14,27-28H,9-12H2,(H,23,29)(H,24,30). The van der Waals surface area contributed by atoms with Crippen molar-refractivity contribution in [2.75, 3.05) is 26.3 Å². The van der Waals surface area contributed by atoms with Crippen molar-refractivity contribution in [1.29, 1.82) is 0 Å². The topological polar surface area (TPSA) is 124 Å². The minimum Gasteiger partial charge on any atom is -0.395 e. The van der Waals surface area contributed by atoms with Crippen molar-refractivity contribution in [2.45, 2.75) is 0 Å². The summed E-state index contributed by atoms with van der Waals surface area (Å²) in [6, 6.07) is 15.8. The van der Waals surface area contributed by atoms with Gasteiger partial charge in [-0.3, -0.25) is 9.59 Å². The lowest BCUT2D eigenvalue weighted by Crippen LogP contribution is -2.26. The Bertz CT molecular complexity index is 926. The molecule has 0 aliphatic heterocycles. The summed E-state index contributed by atoms with van der Waals surface area (Å²) in [5.74, 6) is -0.496. The molecule has 0 aliphatic carbocycles. The van der Waals surface area contributed by atoms with Crippen molar-refractivity contribution < 1.29 is 19.8 Å². The number of nitrogens with one attached hydrogen (secondary N) is 2. The van der Waals surface area contributed by atoms with E-state index in [1.165, 1.54) is 6.33 Å². The first-order chi connectivity index (χ1) is 14.6. The van der Waals surface area contributed by atoms with Crippen LogP contribution < -0.4 is 10.6 Å². The zero-order valence-corrected chi connectivity index (χ0v) is 16.2. The molecule has 8 heteroatoms. The Kier molecular flexibility index (Phi) is 7.20. The van der Waals surface area contributed by atoms with Gasteiger partial charge >= 0.3 is 0 Å². The lowest BCUT2D eigenvalue weighted by molar-refractivity contribution is 0.0937. The van der Waals surface area contributed by atoms with Crippen LogP contribution in [0.5, 0.6) is 0 Å². The Labute approximate surface area is 173 Å². The molecule has 1 aromatic heterocycles. The second-order valence-electron chi connectivity index (χ2n) is 6.40. The van der Waals surface area contributed by atoms with E-state index in [-0.39, 0.29) is 38.1 Å². The minimum atomic E-state index is -0.248. The molecule has 0 unspecified atom stereocenters. The molecule has 3 rings (SSSR count). The third kappa shape index (κ3) is 5.25. The van der Waals surface area contributed by atoms with E-state index in [2.05, 4.69) is 20.6 Å². The van der Waals surface area contributed by atoms with Crippen molar-refractivity contribution in [3.05, 3.63) is 72.1 Å². The van der Waals surface area contributed by atoms with Crippen molar-refractivity contribution in [3.63, 3.8) is 0 Å². The van der Waals surface area contributed by atoms with E-state index in [1.54, 1.807) is 48.5 Å². The van der Waals surface area contributed by atoms with E-state index in [0.717, 1.165) is 11.1 Å². The van der Waals surface area contributed by atoms with Crippen LogP contribution in [0.3, 0.4) is 0 Å². The van der Waals surface area contributed by atoms with Crippen LogP contribution in [-0.2, 0) is 0 Å². The van der Waals surface area contributed by atoms with Crippen LogP contribution >= 0.6 is 0 Å². The molecule has 1 heterocycles. The maximum atomic E-state index is 11.9. The summed E-state index contributed by atoms with van der Waals surface area (Å²) in [6.45, 7) is 0.194. The summed E-state index contributed by atoms with van der Waals surface area (Å²) >= 11 is 0. The highest BCUT2D eigenvalue weighted by Crippen LogP contribution is 2.23. The number of aliphatic hydroxyl groups excluding tert-OH is 2. The van der Waals surface area contributed by atoms with Crippen molar-refractivity contribution >= 4 is 11.8 Å². The van der Waals surface area contributed by atoms with E-state index in [1.807, 2.05) is 6.07 Å². The van der Waals surface area contributed by atoms with Crippen LogP contribution in [0.25, 0.3) is 22.5 Å². The van der Waals surface area contributed by atoms with Gasteiger partial charge in [0.1, 0.15) is 6.33 Å². The second kappa shape index (κ2) is 10.2. The molecule has 0 radical (unpaired) electrons. The summed E-state index contributed by atoms with van der Waals surface area (Å²) in [5, 5.41) is 22.8. The lowest BCUT2D eigenvalue weighted by atomic mass is 10.0. The van der Waals surface area contributed by atoms with Crippen LogP contribution in [-0.4, -0.2) is 58.3 Å². The zero-order valence-electron chi connectivity index (χ0n) is 16.2. The number of benzene rings is 2. The van der Waals surface area contributed by atoms with Gasteiger partial charge in [-0.2, -0.15) is 0 Å². The zero-order chi connectivity index (χ0) is 21.3.